The van der Waals surface area contributed by atoms with Crippen LogP contribution in [0.2, 0.25) is 0 Å². The van der Waals surface area contributed by atoms with E-state index in [1.807, 2.05) is 0 Å². The van der Waals surface area contributed by atoms with E-state index in [-0.39, 0.29) is 30.2 Å². The van der Waals surface area contributed by atoms with E-state index in [1.165, 1.54) is 71.0 Å². The molecule has 1 unspecified atom stereocenters. The highest BCUT2D eigenvalue weighted by Crippen LogP contribution is 2.45. The molecule has 1 aliphatic carbocycles. The molecule has 1 atom stereocenters. The average Bonchev–Trinajstić information content (AvgIpc) is 2.56. The molecule has 1 spiro atoms. The predicted molar refractivity (Wildman–Crippen MR) is 110 cm³/mol. The van der Waals surface area contributed by atoms with Crippen LogP contribution in [0, 0.1) is 10.8 Å². The fourth-order valence-corrected chi connectivity index (χ4v) is 5.57. The summed E-state index contributed by atoms with van der Waals surface area (Å²) in [6.45, 7) is 6.15. The van der Waals surface area contributed by atoms with Crippen molar-refractivity contribution in [3.63, 3.8) is 0 Å². The van der Waals surface area contributed by atoms with Crippen molar-refractivity contribution in [2.45, 2.75) is 57.4 Å². The Bertz CT molecular complexity index is 381. The molecule has 150 valence electrons. The number of nitrogens with one attached hydrogen (secondary N) is 1. The summed E-state index contributed by atoms with van der Waals surface area (Å²) in [5.74, 6) is 0. The fraction of sp³-hybridized carbons (Fsp3) is 1.00. The van der Waals surface area contributed by atoms with E-state index in [9.17, 15) is 5.11 Å². The van der Waals surface area contributed by atoms with Crippen LogP contribution in [0.1, 0.15) is 51.4 Å². The third kappa shape index (κ3) is 5.70. The second kappa shape index (κ2) is 10.1. The molecule has 2 heterocycles. The van der Waals surface area contributed by atoms with E-state index >= 15 is 0 Å². The molecule has 1 saturated carbocycles. The van der Waals surface area contributed by atoms with Gasteiger partial charge in [0.2, 0.25) is 0 Å². The van der Waals surface area contributed by atoms with Gasteiger partial charge in [-0.3, -0.25) is 4.90 Å². The lowest BCUT2D eigenvalue weighted by Crippen LogP contribution is -2.54. The Balaban J connectivity index is 0.00000156. The van der Waals surface area contributed by atoms with Crippen LogP contribution in [0.15, 0.2) is 0 Å². The van der Waals surface area contributed by atoms with Crippen molar-refractivity contribution < 1.29 is 5.11 Å². The Morgan fingerprint density at radius 3 is 2.24 bits per heavy atom. The molecule has 3 aliphatic rings. The summed E-state index contributed by atoms with van der Waals surface area (Å²) in [5, 5.41) is 13.6. The second-order valence-electron chi connectivity index (χ2n) is 8.95. The van der Waals surface area contributed by atoms with Gasteiger partial charge in [-0.05, 0) is 90.5 Å². The van der Waals surface area contributed by atoms with Crippen molar-refractivity contribution in [1.29, 1.82) is 0 Å². The maximum absolute atomic E-state index is 10.0. The average molecular weight is 396 g/mol. The van der Waals surface area contributed by atoms with Gasteiger partial charge in [0.15, 0.2) is 0 Å². The minimum atomic E-state index is 0. The van der Waals surface area contributed by atoms with E-state index in [4.69, 9.17) is 0 Å². The largest absolute Gasteiger partial charge is 0.396 e. The van der Waals surface area contributed by atoms with Gasteiger partial charge >= 0.3 is 0 Å². The summed E-state index contributed by atoms with van der Waals surface area (Å²) in [5.41, 5.74) is 0.765. The van der Waals surface area contributed by atoms with Crippen LogP contribution in [0.3, 0.4) is 0 Å². The smallest absolute Gasteiger partial charge is 0.0512 e. The maximum Gasteiger partial charge on any atom is 0.0512 e. The van der Waals surface area contributed by atoms with Gasteiger partial charge in [-0.1, -0.05) is 0 Å². The van der Waals surface area contributed by atoms with Crippen molar-refractivity contribution in [3.05, 3.63) is 0 Å². The molecule has 25 heavy (non-hydrogen) atoms. The zero-order valence-corrected chi connectivity index (χ0v) is 17.8. The second-order valence-corrected chi connectivity index (χ2v) is 8.95. The Morgan fingerprint density at radius 1 is 1.04 bits per heavy atom. The van der Waals surface area contributed by atoms with E-state index in [2.05, 4.69) is 29.2 Å². The summed E-state index contributed by atoms with van der Waals surface area (Å²) >= 11 is 0. The standard InChI is InChI=1S/C19H37N3O.2ClH/c1-21(2)14-19(16-23)6-3-13-22(15-19)17-4-7-18(8-5-17)9-11-20-12-10-18;;/h17,20,23H,3-16H2,1-2H3;2*1H. The van der Waals surface area contributed by atoms with Gasteiger partial charge in [0.1, 0.15) is 0 Å². The third-order valence-corrected chi connectivity index (χ3v) is 6.87. The van der Waals surface area contributed by atoms with Crippen LogP contribution >= 0.6 is 24.8 Å². The van der Waals surface area contributed by atoms with Gasteiger partial charge in [-0.2, -0.15) is 0 Å². The lowest BCUT2D eigenvalue weighted by molar-refractivity contribution is -0.0222. The number of piperidine rings is 2. The number of aliphatic hydroxyl groups excluding tert-OH is 1. The molecular weight excluding hydrogens is 357 g/mol. The normalized spacial score (nSPS) is 30.7. The van der Waals surface area contributed by atoms with E-state index in [0.29, 0.717) is 12.0 Å². The first-order valence-corrected chi connectivity index (χ1v) is 9.77. The summed E-state index contributed by atoms with van der Waals surface area (Å²) in [4.78, 5) is 4.99. The van der Waals surface area contributed by atoms with E-state index in [1.54, 1.807) is 0 Å². The van der Waals surface area contributed by atoms with Gasteiger partial charge in [-0.15, -0.1) is 24.8 Å². The van der Waals surface area contributed by atoms with Crippen LogP contribution in [-0.2, 0) is 0 Å². The summed E-state index contributed by atoms with van der Waals surface area (Å²) in [6.07, 6.45) is 10.8. The molecule has 0 bridgehead atoms. The molecule has 3 rings (SSSR count). The van der Waals surface area contributed by atoms with Gasteiger partial charge < -0.3 is 15.3 Å². The lowest BCUT2D eigenvalue weighted by Gasteiger charge is -2.50. The van der Waals surface area contributed by atoms with Crippen molar-refractivity contribution in [1.82, 2.24) is 15.1 Å². The number of hydrogen-bond donors (Lipinski definition) is 2. The Morgan fingerprint density at radius 2 is 1.68 bits per heavy atom. The van der Waals surface area contributed by atoms with E-state index < -0.39 is 0 Å². The van der Waals surface area contributed by atoms with Crippen LogP contribution in [-0.4, -0.2) is 74.4 Å². The number of hydrogen-bond acceptors (Lipinski definition) is 4. The molecule has 2 aliphatic heterocycles. The van der Waals surface area contributed by atoms with Gasteiger partial charge in [-0.25, -0.2) is 0 Å². The molecule has 0 aromatic carbocycles. The lowest BCUT2D eigenvalue weighted by atomic mass is 9.66. The van der Waals surface area contributed by atoms with Crippen LogP contribution in [0.4, 0.5) is 0 Å². The van der Waals surface area contributed by atoms with Crippen LogP contribution in [0.5, 0.6) is 0 Å². The highest BCUT2D eigenvalue weighted by atomic mass is 35.5. The summed E-state index contributed by atoms with van der Waals surface area (Å²) < 4.78 is 0. The van der Waals surface area contributed by atoms with Gasteiger partial charge in [0.25, 0.3) is 0 Å². The first-order chi connectivity index (χ1) is 11.1. The summed E-state index contributed by atoms with van der Waals surface area (Å²) in [6, 6.07) is 0.767. The highest BCUT2D eigenvalue weighted by Gasteiger charge is 2.41. The number of likely N-dealkylation sites (tertiary alicyclic amines) is 1. The van der Waals surface area contributed by atoms with Gasteiger partial charge in [0, 0.05) is 24.5 Å². The zero-order valence-electron chi connectivity index (χ0n) is 16.1. The molecule has 2 saturated heterocycles. The quantitative estimate of drug-likeness (QED) is 0.767. The topological polar surface area (TPSA) is 38.7 Å². The Hall–Kier alpha value is 0.420. The Kier molecular flexibility index (Phi) is 9.48. The first-order valence-electron chi connectivity index (χ1n) is 9.77. The zero-order chi connectivity index (χ0) is 16.3. The molecule has 3 fully saturated rings. The van der Waals surface area contributed by atoms with Crippen LogP contribution in [0.25, 0.3) is 0 Å². The number of halogens is 2. The van der Waals surface area contributed by atoms with Crippen molar-refractivity contribution in [2.24, 2.45) is 10.8 Å². The predicted octanol–water partition coefficient (Wildman–Crippen LogP) is 2.78. The SMILES string of the molecule is CN(C)CC1(CO)CCCN(C2CCC3(CCNCC3)CC2)C1.Cl.Cl. The number of rotatable bonds is 4. The van der Waals surface area contributed by atoms with Crippen molar-refractivity contribution in [2.75, 3.05) is 53.4 Å². The molecular formula is C19H39Cl2N3O. The molecule has 0 aromatic rings. The molecule has 6 heteroatoms. The number of nitrogens with zero attached hydrogens (tertiary/aromatic N) is 2. The van der Waals surface area contributed by atoms with E-state index in [0.717, 1.165) is 19.1 Å². The monoisotopic (exact) mass is 395 g/mol. The molecule has 0 aromatic heterocycles. The van der Waals surface area contributed by atoms with Gasteiger partial charge in [0.05, 0.1) is 6.61 Å². The molecule has 0 amide bonds. The Labute approximate surface area is 166 Å². The van der Waals surface area contributed by atoms with Crippen LogP contribution < -0.4 is 5.32 Å². The van der Waals surface area contributed by atoms with Crippen molar-refractivity contribution >= 4 is 24.8 Å². The molecule has 0 radical (unpaired) electrons. The maximum atomic E-state index is 10.0. The highest BCUT2D eigenvalue weighted by molar-refractivity contribution is 5.85. The summed E-state index contributed by atoms with van der Waals surface area (Å²) in [7, 11) is 4.27. The minimum Gasteiger partial charge on any atom is -0.396 e. The molecule has 2 N–H and O–H groups in total. The third-order valence-electron chi connectivity index (χ3n) is 6.87. The molecule has 4 nitrogen and oxygen atoms in total. The van der Waals surface area contributed by atoms with Crippen molar-refractivity contribution in [3.8, 4) is 0 Å². The first kappa shape index (κ1) is 23.5. The fourth-order valence-electron chi connectivity index (χ4n) is 5.57. The number of aliphatic hydroxyl groups is 1. The minimum absolute atomic E-state index is 0.